The van der Waals surface area contributed by atoms with E-state index < -0.39 is 5.60 Å². The molecule has 0 spiro atoms. The monoisotopic (exact) mass is 249 g/mol. The fourth-order valence-electron chi connectivity index (χ4n) is 1.74. The first-order valence-electron chi connectivity index (χ1n) is 5.98. The third-order valence-electron chi connectivity index (χ3n) is 3.30. The first-order chi connectivity index (χ1) is 7.45. The van der Waals surface area contributed by atoms with E-state index in [4.69, 9.17) is 0 Å². The van der Waals surface area contributed by atoms with E-state index in [1.165, 1.54) is 0 Å². The maximum Gasteiger partial charge on any atom is 0.0833 e. The van der Waals surface area contributed by atoms with E-state index in [9.17, 15) is 10.2 Å². The van der Waals surface area contributed by atoms with Gasteiger partial charge in [0.05, 0.1) is 5.60 Å². The van der Waals surface area contributed by atoms with Crippen molar-refractivity contribution in [3.05, 3.63) is 0 Å². The van der Waals surface area contributed by atoms with Crippen LogP contribution in [-0.4, -0.2) is 47.5 Å². The maximum atomic E-state index is 9.98. The number of aliphatic hydroxyl groups excluding tert-OH is 1. The molecular weight excluding hydrogens is 222 g/mol. The van der Waals surface area contributed by atoms with Crippen LogP contribution in [0.15, 0.2) is 0 Å². The fraction of sp³-hybridized carbons (Fsp3) is 1.00. The summed E-state index contributed by atoms with van der Waals surface area (Å²) in [4.78, 5) is 0. The zero-order chi connectivity index (χ0) is 12.7. The number of hydrogen-bond donors (Lipinski definition) is 3. The Kier molecular flexibility index (Phi) is 7.64. The van der Waals surface area contributed by atoms with Crippen LogP contribution in [0.25, 0.3) is 0 Å². The summed E-state index contributed by atoms with van der Waals surface area (Å²) in [6.45, 7) is 7.59. The Morgan fingerprint density at radius 1 is 1.19 bits per heavy atom. The van der Waals surface area contributed by atoms with Gasteiger partial charge in [-0.1, -0.05) is 13.8 Å². The third kappa shape index (κ3) is 5.53. The highest BCUT2D eigenvalue weighted by Crippen LogP contribution is 2.24. The lowest BCUT2D eigenvalue weighted by atomic mass is 9.83. The molecule has 0 saturated heterocycles. The molecule has 1 atom stereocenters. The summed E-state index contributed by atoms with van der Waals surface area (Å²) in [6.07, 6.45) is 3.90. The van der Waals surface area contributed by atoms with Crippen molar-refractivity contribution in [2.45, 2.75) is 39.2 Å². The molecule has 0 heterocycles. The fourth-order valence-corrected chi connectivity index (χ4v) is 2.46. The van der Waals surface area contributed by atoms with Crippen LogP contribution in [0.2, 0.25) is 0 Å². The minimum atomic E-state index is -0.665. The van der Waals surface area contributed by atoms with E-state index in [0.717, 1.165) is 25.1 Å². The number of thioether (sulfide) groups is 1. The molecular formula is C12H27NO2S. The van der Waals surface area contributed by atoms with Crippen LogP contribution in [0.1, 0.15) is 33.6 Å². The smallest absolute Gasteiger partial charge is 0.0833 e. The Hall–Kier alpha value is 0.230. The molecule has 0 aliphatic carbocycles. The van der Waals surface area contributed by atoms with Crippen molar-refractivity contribution in [2.75, 3.05) is 31.7 Å². The summed E-state index contributed by atoms with van der Waals surface area (Å²) < 4.78 is 0. The van der Waals surface area contributed by atoms with Crippen molar-refractivity contribution >= 4 is 11.8 Å². The largest absolute Gasteiger partial charge is 0.396 e. The molecule has 0 aliphatic heterocycles. The zero-order valence-corrected chi connectivity index (χ0v) is 11.9. The summed E-state index contributed by atoms with van der Waals surface area (Å²) in [5.41, 5.74) is -0.697. The van der Waals surface area contributed by atoms with Gasteiger partial charge in [-0.15, -0.1) is 0 Å². The van der Waals surface area contributed by atoms with Crippen molar-refractivity contribution in [1.82, 2.24) is 5.32 Å². The zero-order valence-electron chi connectivity index (χ0n) is 11.0. The lowest BCUT2D eigenvalue weighted by molar-refractivity contribution is 0.0691. The molecule has 1 unspecified atom stereocenters. The minimum Gasteiger partial charge on any atom is -0.396 e. The van der Waals surface area contributed by atoms with Crippen molar-refractivity contribution in [3.63, 3.8) is 0 Å². The van der Waals surface area contributed by atoms with E-state index in [1.54, 1.807) is 11.8 Å². The SMILES string of the molecule is CCC(CC)(CO)CNCC(C)(O)CSC. The summed E-state index contributed by atoms with van der Waals surface area (Å²) in [7, 11) is 0. The second-order valence-electron chi connectivity index (χ2n) is 4.90. The second-order valence-corrected chi connectivity index (χ2v) is 5.76. The Morgan fingerprint density at radius 3 is 2.12 bits per heavy atom. The van der Waals surface area contributed by atoms with Gasteiger partial charge in [0.1, 0.15) is 0 Å². The molecule has 16 heavy (non-hydrogen) atoms. The number of aliphatic hydroxyl groups is 2. The van der Waals surface area contributed by atoms with Gasteiger partial charge in [0, 0.05) is 30.9 Å². The predicted octanol–water partition coefficient (Wildman–Crippen LogP) is 1.49. The highest BCUT2D eigenvalue weighted by molar-refractivity contribution is 7.98. The Morgan fingerprint density at radius 2 is 1.75 bits per heavy atom. The average Bonchev–Trinajstić information content (AvgIpc) is 2.25. The van der Waals surface area contributed by atoms with Gasteiger partial charge in [0.25, 0.3) is 0 Å². The maximum absolute atomic E-state index is 9.98. The predicted molar refractivity (Wildman–Crippen MR) is 72.0 cm³/mol. The van der Waals surface area contributed by atoms with Crippen LogP contribution >= 0.6 is 11.8 Å². The molecule has 4 heteroatoms. The molecule has 0 aromatic carbocycles. The Bertz CT molecular complexity index is 174. The average molecular weight is 249 g/mol. The lowest BCUT2D eigenvalue weighted by Gasteiger charge is -2.31. The Labute approximate surface area is 104 Å². The van der Waals surface area contributed by atoms with Crippen molar-refractivity contribution < 1.29 is 10.2 Å². The molecule has 0 amide bonds. The van der Waals surface area contributed by atoms with Gasteiger partial charge < -0.3 is 15.5 Å². The van der Waals surface area contributed by atoms with Crippen molar-refractivity contribution in [2.24, 2.45) is 5.41 Å². The molecule has 0 radical (unpaired) electrons. The van der Waals surface area contributed by atoms with E-state index in [2.05, 4.69) is 19.2 Å². The first-order valence-corrected chi connectivity index (χ1v) is 7.37. The summed E-state index contributed by atoms with van der Waals surface area (Å²) in [6, 6.07) is 0. The molecule has 3 N–H and O–H groups in total. The van der Waals surface area contributed by atoms with Crippen molar-refractivity contribution in [3.8, 4) is 0 Å². The van der Waals surface area contributed by atoms with E-state index in [0.29, 0.717) is 6.54 Å². The third-order valence-corrected chi connectivity index (χ3v) is 4.21. The van der Waals surface area contributed by atoms with E-state index in [-0.39, 0.29) is 12.0 Å². The van der Waals surface area contributed by atoms with Crippen LogP contribution in [0, 0.1) is 5.41 Å². The van der Waals surface area contributed by atoms with Crippen molar-refractivity contribution in [1.29, 1.82) is 0 Å². The quantitative estimate of drug-likeness (QED) is 0.579. The van der Waals surface area contributed by atoms with Gasteiger partial charge in [-0.05, 0) is 26.0 Å². The van der Waals surface area contributed by atoms with Crippen LogP contribution < -0.4 is 5.32 Å². The number of rotatable bonds is 9. The normalized spacial score (nSPS) is 16.1. The minimum absolute atomic E-state index is 0.0323. The Balaban J connectivity index is 4.04. The van der Waals surface area contributed by atoms with Gasteiger partial charge in [-0.3, -0.25) is 0 Å². The summed E-state index contributed by atoms with van der Waals surface area (Å²) in [5.74, 6) is 0.727. The number of nitrogens with one attached hydrogen (secondary N) is 1. The van der Waals surface area contributed by atoms with Gasteiger partial charge in [0.15, 0.2) is 0 Å². The van der Waals surface area contributed by atoms with E-state index in [1.807, 2.05) is 13.2 Å². The van der Waals surface area contributed by atoms with Gasteiger partial charge >= 0.3 is 0 Å². The van der Waals surface area contributed by atoms with Crippen LogP contribution in [0.4, 0.5) is 0 Å². The summed E-state index contributed by atoms with van der Waals surface area (Å²) in [5, 5.41) is 22.7. The van der Waals surface area contributed by atoms with Gasteiger partial charge in [0.2, 0.25) is 0 Å². The molecule has 0 rings (SSSR count). The molecule has 0 saturated carbocycles. The van der Waals surface area contributed by atoms with Crippen LogP contribution in [-0.2, 0) is 0 Å². The molecule has 0 fully saturated rings. The molecule has 0 aromatic rings. The first kappa shape index (κ1) is 16.2. The van der Waals surface area contributed by atoms with Gasteiger partial charge in [-0.2, -0.15) is 11.8 Å². The van der Waals surface area contributed by atoms with Crippen LogP contribution in [0.3, 0.4) is 0 Å². The molecule has 0 bridgehead atoms. The molecule has 98 valence electrons. The standard InChI is InChI=1S/C12H27NO2S/c1-5-12(6-2,9-14)8-13-7-11(3,15)10-16-4/h13-15H,5-10H2,1-4H3. The van der Waals surface area contributed by atoms with Crippen LogP contribution in [0.5, 0.6) is 0 Å². The number of hydrogen-bond acceptors (Lipinski definition) is 4. The second kappa shape index (κ2) is 7.54. The van der Waals surface area contributed by atoms with Gasteiger partial charge in [-0.25, -0.2) is 0 Å². The topological polar surface area (TPSA) is 52.5 Å². The molecule has 3 nitrogen and oxygen atoms in total. The highest BCUT2D eigenvalue weighted by Gasteiger charge is 2.26. The lowest BCUT2D eigenvalue weighted by Crippen LogP contribution is -2.45. The molecule has 0 aromatic heterocycles. The van der Waals surface area contributed by atoms with E-state index >= 15 is 0 Å². The highest BCUT2D eigenvalue weighted by atomic mass is 32.2. The molecule has 0 aliphatic rings. The summed E-state index contributed by atoms with van der Waals surface area (Å²) >= 11 is 1.64.